The number of pyridine rings is 1. The van der Waals surface area contributed by atoms with Crippen LogP contribution in [0.2, 0.25) is 0 Å². The fourth-order valence-electron chi connectivity index (χ4n) is 2.20. The summed E-state index contributed by atoms with van der Waals surface area (Å²) in [5.41, 5.74) is 3.36. The molecule has 0 aliphatic carbocycles. The van der Waals surface area contributed by atoms with Crippen LogP contribution in [0.25, 0.3) is 16.9 Å². The number of halogens is 2. The molecule has 2 aromatic heterocycles. The van der Waals surface area contributed by atoms with Gasteiger partial charge in [0.25, 0.3) is 0 Å². The molecule has 0 N–H and O–H groups in total. The van der Waals surface area contributed by atoms with Crippen molar-refractivity contribution in [1.29, 1.82) is 0 Å². The van der Waals surface area contributed by atoms with Crippen LogP contribution >= 0.6 is 0 Å². The summed E-state index contributed by atoms with van der Waals surface area (Å²) in [4.78, 5) is 4.25. The van der Waals surface area contributed by atoms with E-state index < -0.39 is 11.6 Å². The van der Waals surface area contributed by atoms with Gasteiger partial charge in [-0.3, -0.25) is 13.5 Å². The van der Waals surface area contributed by atoms with E-state index in [4.69, 9.17) is 0 Å². The molecule has 2 heterocycles. The average Bonchev–Trinajstić information content (AvgIpc) is 3.18. The summed E-state index contributed by atoms with van der Waals surface area (Å²) in [6, 6.07) is 21.1. The van der Waals surface area contributed by atoms with Crippen molar-refractivity contribution in [2.75, 3.05) is 0 Å². The van der Waals surface area contributed by atoms with Crippen LogP contribution < -0.4 is 0 Å². The van der Waals surface area contributed by atoms with Gasteiger partial charge in [-0.25, -0.2) is 0 Å². The van der Waals surface area contributed by atoms with Gasteiger partial charge in [-0.15, -0.1) is 47.5 Å². The van der Waals surface area contributed by atoms with Gasteiger partial charge < -0.3 is 4.98 Å². The molecular formula is C21H15F2IrN3-2. The van der Waals surface area contributed by atoms with E-state index in [2.05, 4.69) is 35.2 Å². The Morgan fingerprint density at radius 1 is 0.963 bits per heavy atom. The number of aromatic nitrogens is 3. The zero-order valence-electron chi connectivity index (χ0n) is 14.4. The van der Waals surface area contributed by atoms with E-state index in [0.29, 0.717) is 0 Å². The fourth-order valence-corrected chi connectivity index (χ4v) is 2.20. The van der Waals surface area contributed by atoms with Crippen LogP contribution in [-0.2, 0) is 20.1 Å². The molecule has 0 saturated carbocycles. The van der Waals surface area contributed by atoms with Crippen molar-refractivity contribution in [1.82, 2.24) is 14.8 Å². The predicted octanol–water partition coefficient (Wildman–Crippen LogP) is 4.81. The molecule has 139 valence electrons. The zero-order chi connectivity index (χ0) is 18.4. The van der Waals surface area contributed by atoms with Crippen molar-refractivity contribution in [3.8, 4) is 16.9 Å². The van der Waals surface area contributed by atoms with Crippen molar-refractivity contribution < 1.29 is 28.9 Å². The molecule has 0 aliphatic heterocycles. The molecule has 3 nitrogen and oxygen atoms in total. The molecule has 4 rings (SSSR count). The molecule has 6 heteroatoms. The predicted molar refractivity (Wildman–Crippen MR) is 95.6 cm³/mol. The molecule has 0 bridgehead atoms. The molecule has 0 saturated heterocycles. The second-order valence-corrected chi connectivity index (χ2v) is 5.46. The molecular weight excluding hydrogens is 524 g/mol. The SMILES string of the molecule is Cc1c[c-]c(-c2ccccn2)cc1.Fc1c[c-]c(-n2cccn2)c(F)c1.[Ir]. The Labute approximate surface area is 170 Å². The number of aryl methyl sites for hydroxylation is 1. The van der Waals surface area contributed by atoms with Crippen molar-refractivity contribution in [2.24, 2.45) is 0 Å². The molecule has 0 amide bonds. The first-order valence-corrected chi connectivity index (χ1v) is 7.90. The van der Waals surface area contributed by atoms with Crippen LogP contribution in [0.1, 0.15) is 5.56 Å². The Balaban J connectivity index is 0.000000187. The van der Waals surface area contributed by atoms with Crippen molar-refractivity contribution in [3.63, 3.8) is 0 Å². The molecule has 0 spiro atoms. The minimum absolute atomic E-state index is 0. The first kappa shape index (κ1) is 20.6. The second kappa shape index (κ2) is 9.86. The Hall–Kier alpha value is -2.69. The Morgan fingerprint density at radius 3 is 2.41 bits per heavy atom. The number of benzene rings is 2. The van der Waals surface area contributed by atoms with Gasteiger partial charge in [0.05, 0.1) is 0 Å². The molecule has 27 heavy (non-hydrogen) atoms. The quantitative estimate of drug-likeness (QED) is 0.343. The van der Waals surface area contributed by atoms with Crippen LogP contribution in [0.3, 0.4) is 0 Å². The molecule has 0 atom stereocenters. The van der Waals surface area contributed by atoms with E-state index in [9.17, 15) is 8.78 Å². The van der Waals surface area contributed by atoms with Crippen LogP contribution in [0.4, 0.5) is 8.78 Å². The molecule has 2 aromatic carbocycles. The van der Waals surface area contributed by atoms with Gasteiger partial charge in [-0.2, -0.15) is 11.2 Å². The maximum atomic E-state index is 13.1. The van der Waals surface area contributed by atoms with E-state index in [0.717, 1.165) is 23.4 Å². The summed E-state index contributed by atoms with van der Waals surface area (Å²) in [7, 11) is 0. The summed E-state index contributed by atoms with van der Waals surface area (Å²) in [5.74, 6) is -1.32. The fraction of sp³-hybridized carbons (Fsp3) is 0.0476. The summed E-state index contributed by atoms with van der Waals surface area (Å²) < 4.78 is 26.9. The second-order valence-electron chi connectivity index (χ2n) is 5.46. The van der Waals surface area contributed by atoms with Crippen LogP contribution in [0.5, 0.6) is 0 Å². The summed E-state index contributed by atoms with van der Waals surface area (Å²) in [6.07, 6.45) is 4.87. The smallest absolute Gasteiger partial charge is 0.0493 e. The van der Waals surface area contributed by atoms with E-state index in [1.807, 2.05) is 30.3 Å². The van der Waals surface area contributed by atoms with Crippen LogP contribution in [-0.4, -0.2) is 14.8 Å². The third kappa shape index (κ3) is 5.64. The Kier molecular flexibility index (Phi) is 7.53. The molecule has 4 aromatic rings. The largest absolute Gasteiger partial charge is 0.305 e. The van der Waals surface area contributed by atoms with Gasteiger partial charge in [0.1, 0.15) is 0 Å². The van der Waals surface area contributed by atoms with E-state index in [1.165, 1.54) is 16.4 Å². The molecule has 1 radical (unpaired) electrons. The number of hydrogen-bond acceptors (Lipinski definition) is 2. The van der Waals surface area contributed by atoms with Crippen LogP contribution in [0, 0.1) is 30.7 Å². The van der Waals surface area contributed by atoms with Crippen LogP contribution in [0.15, 0.2) is 73.2 Å². The third-order valence-corrected chi connectivity index (χ3v) is 3.48. The van der Waals surface area contributed by atoms with E-state index in [-0.39, 0.29) is 25.8 Å². The average molecular weight is 540 g/mol. The zero-order valence-corrected chi connectivity index (χ0v) is 16.8. The van der Waals surface area contributed by atoms with Gasteiger partial charge in [-0.1, -0.05) is 19.1 Å². The number of hydrogen-bond donors (Lipinski definition) is 0. The molecule has 0 fully saturated rings. The maximum absolute atomic E-state index is 13.1. The van der Waals surface area contributed by atoms with Gasteiger partial charge >= 0.3 is 0 Å². The standard InChI is InChI=1S/C12H10N.C9H5F2N2.Ir/c1-10-5-7-11(8-6-10)12-4-2-3-9-13-12;10-7-2-3-9(8(11)6-7)13-5-1-4-12-13;/h2-7,9H,1H3;1-2,4-6H;/q2*-1;. The van der Waals surface area contributed by atoms with Gasteiger partial charge in [-0.05, 0) is 23.5 Å². The minimum Gasteiger partial charge on any atom is -0.305 e. The topological polar surface area (TPSA) is 30.7 Å². The van der Waals surface area contributed by atoms with Crippen molar-refractivity contribution in [3.05, 3.63) is 103 Å². The van der Waals surface area contributed by atoms with E-state index >= 15 is 0 Å². The third-order valence-electron chi connectivity index (χ3n) is 3.48. The summed E-state index contributed by atoms with van der Waals surface area (Å²) >= 11 is 0. The first-order chi connectivity index (χ1) is 12.6. The monoisotopic (exact) mass is 540 g/mol. The Bertz CT molecular complexity index is 957. The number of rotatable bonds is 2. The van der Waals surface area contributed by atoms with E-state index in [1.54, 1.807) is 18.5 Å². The van der Waals surface area contributed by atoms with Crippen molar-refractivity contribution >= 4 is 0 Å². The summed E-state index contributed by atoms with van der Waals surface area (Å²) in [6.45, 7) is 2.05. The maximum Gasteiger partial charge on any atom is 0.0493 e. The van der Waals surface area contributed by atoms with Gasteiger partial charge in [0.2, 0.25) is 0 Å². The normalized spacial score (nSPS) is 9.74. The number of nitrogens with zero attached hydrogens (tertiary/aromatic N) is 3. The minimum atomic E-state index is -0.677. The summed E-state index contributed by atoms with van der Waals surface area (Å²) in [5, 5.41) is 3.80. The molecule has 0 unspecified atom stereocenters. The molecule has 0 aliphatic rings. The van der Waals surface area contributed by atoms with Crippen molar-refractivity contribution in [2.45, 2.75) is 6.92 Å². The van der Waals surface area contributed by atoms with Gasteiger partial charge in [0, 0.05) is 50.3 Å². The first-order valence-electron chi connectivity index (χ1n) is 7.90. The Morgan fingerprint density at radius 2 is 1.81 bits per heavy atom. The van der Waals surface area contributed by atoms with Gasteiger partial charge in [0.15, 0.2) is 0 Å².